The fourth-order valence-corrected chi connectivity index (χ4v) is 1.44. The van der Waals surface area contributed by atoms with Crippen LogP contribution in [0.1, 0.15) is 40.5 Å². The molecule has 0 aromatic carbocycles. The van der Waals surface area contributed by atoms with Crippen molar-refractivity contribution in [2.45, 2.75) is 40.5 Å². The summed E-state index contributed by atoms with van der Waals surface area (Å²) < 4.78 is 0. The van der Waals surface area contributed by atoms with Gasteiger partial charge in [-0.2, -0.15) is 5.10 Å². The third-order valence-corrected chi connectivity index (χ3v) is 2.19. The minimum atomic E-state index is 0.497. The maximum atomic E-state index is 4.45. The summed E-state index contributed by atoms with van der Waals surface area (Å²) in [5.41, 5.74) is 4.36. The van der Waals surface area contributed by atoms with Crippen LogP contribution in [0, 0.1) is 11.8 Å². The van der Waals surface area contributed by atoms with Gasteiger partial charge in [-0.15, -0.1) is 6.58 Å². The zero-order valence-corrected chi connectivity index (χ0v) is 10.0. The van der Waals surface area contributed by atoms with Gasteiger partial charge < -0.3 is 5.43 Å². The zero-order chi connectivity index (χ0) is 11.0. The van der Waals surface area contributed by atoms with E-state index in [9.17, 15) is 0 Å². The molecule has 0 aromatic rings. The van der Waals surface area contributed by atoms with Crippen LogP contribution >= 0.6 is 0 Å². The minimum Gasteiger partial charge on any atom is -0.310 e. The highest BCUT2D eigenvalue weighted by molar-refractivity contribution is 5.88. The van der Waals surface area contributed by atoms with Crippen LogP contribution in [-0.4, -0.2) is 12.3 Å². The van der Waals surface area contributed by atoms with Crippen molar-refractivity contribution >= 4 is 5.71 Å². The van der Waals surface area contributed by atoms with Crippen LogP contribution in [0.2, 0.25) is 0 Å². The van der Waals surface area contributed by atoms with Gasteiger partial charge in [0, 0.05) is 12.3 Å². The summed E-state index contributed by atoms with van der Waals surface area (Å²) in [5.74, 6) is 1.01. The van der Waals surface area contributed by atoms with Crippen molar-refractivity contribution in [1.82, 2.24) is 5.43 Å². The Morgan fingerprint density at radius 3 is 2.50 bits per heavy atom. The predicted octanol–water partition coefficient (Wildman–Crippen LogP) is 3.21. The quantitative estimate of drug-likeness (QED) is 0.287. The first-order valence-electron chi connectivity index (χ1n) is 5.54. The third kappa shape index (κ3) is 5.05. The normalized spacial score (nSPS) is 14.2. The van der Waals surface area contributed by atoms with Crippen molar-refractivity contribution in [3.8, 4) is 0 Å². The van der Waals surface area contributed by atoms with E-state index in [-0.39, 0.29) is 0 Å². The molecule has 0 aliphatic carbocycles. The summed E-state index contributed by atoms with van der Waals surface area (Å²) in [6.07, 6.45) is 4.08. The first kappa shape index (κ1) is 13.2. The summed E-state index contributed by atoms with van der Waals surface area (Å²) in [5, 5.41) is 4.45. The molecular formula is C12H24N2. The largest absolute Gasteiger partial charge is 0.310 e. The second-order valence-corrected chi connectivity index (χ2v) is 4.02. The molecule has 14 heavy (non-hydrogen) atoms. The number of allylic oxidation sites excluding steroid dienone is 1. The molecule has 0 heterocycles. The van der Waals surface area contributed by atoms with Crippen LogP contribution in [0.15, 0.2) is 17.8 Å². The van der Waals surface area contributed by atoms with Crippen molar-refractivity contribution in [2.24, 2.45) is 16.9 Å². The summed E-state index contributed by atoms with van der Waals surface area (Å²) in [6.45, 7) is 13.4. The molecule has 0 fully saturated rings. The van der Waals surface area contributed by atoms with Gasteiger partial charge in [0.15, 0.2) is 0 Å². The lowest BCUT2D eigenvalue weighted by molar-refractivity contribution is 0.659. The Morgan fingerprint density at radius 1 is 1.43 bits per heavy atom. The summed E-state index contributed by atoms with van der Waals surface area (Å²) >= 11 is 0. The van der Waals surface area contributed by atoms with Gasteiger partial charge >= 0.3 is 0 Å². The number of nitrogens with one attached hydrogen (secondary N) is 1. The molecule has 0 saturated carbocycles. The first-order valence-corrected chi connectivity index (χ1v) is 5.54. The van der Waals surface area contributed by atoms with Gasteiger partial charge in [-0.05, 0) is 24.7 Å². The van der Waals surface area contributed by atoms with Crippen LogP contribution in [0.3, 0.4) is 0 Å². The van der Waals surface area contributed by atoms with Gasteiger partial charge in [-0.3, -0.25) is 0 Å². The topological polar surface area (TPSA) is 24.4 Å². The molecule has 0 radical (unpaired) electrons. The minimum absolute atomic E-state index is 0.497. The molecule has 0 saturated heterocycles. The highest BCUT2D eigenvalue weighted by Gasteiger charge is 2.12. The average molecular weight is 196 g/mol. The van der Waals surface area contributed by atoms with E-state index in [0.29, 0.717) is 11.8 Å². The molecule has 1 N–H and O–H groups in total. The van der Waals surface area contributed by atoms with E-state index < -0.39 is 0 Å². The van der Waals surface area contributed by atoms with E-state index in [0.717, 1.165) is 19.4 Å². The molecule has 2 heteroatoms. The molecule has 0 rings (SSSR count). The van der Waals surface area contributed by atoms with E-state index in [1.807, 2.05) is 6.08 Å². The summed E-state index contributed by atoms with van der Waals surface area (Å²) in [7, 11) is 0. The smallest absolute Gasteiger partial charge is 0.0434 e. The Balaban J connectivity index is 4.26. The fourth-order valence-electron chi connectivity index (χ4n) is 1.44. The lowest BCUT2D eigenvalue weighted by Gasteiger charge is -2.16. The second kappa shape index (κ2) is 7.60. The summed E-state index contributed by atoms with van der Waals surface area (Å²) in [4.78, 5) is 0. The number of hydrogen-bond acceptors (Lipinski definition) is 2. The van der Waals surface area contributed by atoms with Gasteiger partial charge in [-0.25, -0.2) is 0 Å². The average Bonchev–Trinajstić information content (AvgIpc) is 2.12. The molecule has 1 atom stereocenters. The monoisotopic (exact) mass is 196 g/mol. The lowest BCUT2D eigenvalue weighted by atomic mass is 9.93. The van der Waals surface area contributed by atoms with Gasteiger partial charge in [0.25, 0.3) is 0 Å². The zero-order valence-electron chi connectivity index (χ0n) is 10.0. The molecule has 2 nitrogen and oxygen atoms in total. The van der Waals surface area contributed by atoms with Crippen molar-refractivity contribution in [3.63, 3.8) is 0 Å². The fraction of sp³-hybridized carbons (Fsp3) is 0.750. The maximum Gasteiger partial charge on any atom is 0.0434 e. The third-order valence-electron chi connectivity index (χ3n) is 2.19. The van der Waals surface area contributed by atoms with Crippen LogP contribution in [-0.2, 0) is 0 Å². The van der Waals surface area contributed by atoms with Gasteiger partial charge in [0.2, 0.25) is 0 Å². The second-order valence-electron chi connectivity index (χ2n) is 4.02. The van der Waals surface area contributed by atoms with E-state index in [1.54, 1.807) is 0 Å². The van der Waals surface area contributed by atoms with E-state index >= 15 is 0 Å². The standard InChI is InChI=1S/C12H24N2/c1-6-8-11(5)12(10(3)4)14-13-9-7-2/h6,10-11,13H,1,7-9H2,2-5H3/b14-12-. The number of nitrogens with zero attached hydrogens (tertiary/aromatic N) is 1. The number of rotatable bonds is 7. The van der Waals surface area contributed by atoms with Crippen LogP contribution in [0.5, 0.6) is 0 Å². The van der Waals surface area contributed by atoms with Crippen molar-refractivity contribution < 1.29 is 0 Å². The Labute approximate surface area is 88.5 Å². The lowest BCUT2D eigenvalue weighted by Crippen LogP contribution is -2.21. The predicted molar refractivity (Wildman–Crippen MR) is 64.5 cm³/mol. The molecule has 0 amide bonds. The molecule has 0 spiro atoms. The Hall–Kier alpha value is -0.790. The molecule has 0 aliphatic heterocycles. The molecule has 82 valence electrons. The molecule has 0 bridgehead atoms. The maximum absolute atomic E-state index is 4.45. The van der Waals surface area contributed by atoms with Crippen LogP contribution in [0.4, 0.5) is 0 Å². The Kier molecular flexibility index (Phi) is 7.17. The highest BCUT2D eigenvalue weighted by Crippen LogP contribution is 2.12. The van der Waals surface area contributed by atoms with E-state index in [4.69, 9.17) is 0 Å². The van der Waals surface area contributed by atoms with Gasteiger partial charge in [0.05, 0.1) is 0 Å². The van der Waals surface area contributed by atoms with Crippen LogP contribution in [0.25, 0.3) is 0 Å². The van der Waals surface area contributed by atoms with E-state index in [1.165, 1.54) is 5.71 Å². The van der Waals surface area contributed by atoms with Gasteiger partial charge in [0.1, 0.15) is 0 Å². The number of hydrazone groups is 1. The SMILES string of the molecule is C=CCC(C)/C(=N\NCCC)C(C)C. The van der Waals surface area contributed by atoms with Gasteiger partial charge in [-0.1, -0.05) is 33.8 Å². The Morgan fingerprint density at radius 2 is 2.07 bits per heavy atom. The molecule has 1 unspecified atom stereocenters. The molecule has 0 aromatic heterocycles. The first-order chi connectivity index (χ1) is 6.63. The molecular weight excluding hydrogens is 172 g/mol. The van der Waals surface area contributed by atoms with E-state index in [2.05, 4.69) is 44.8 Å². The number of hydrogen-bond donors (Lipinski definition) is 1. The Bertz CT molecular complexity index is 183. The van der Waals surface area contributed by atoms with Crippen LogP contribution < -0.4 is 5.43 Å². The van der Waals surface area contributed by atoms with Crippen molar-refractivity contribution in [1.29, 1.82) is 0 Å². The summed E-state index contributed by atoms with van der Waals surface area (Å²) in [6, 6.07) is 0. The highest BCUT2D eigenvalue weighted by atomic mass is 15.3. The molecule has 0 aliphatic rings. The van der Waals surface area contributed by atoms with Crippen molar-refractivity contribution in [3.05, 3.63) is 12.7 Å². The van der Waals surface area contributed by atoms with Crippen molar-refractivity contribution in [2.75, 3.05) is 6.54 Å².